The van der Waals surface area contributed by atoms with E-state index in [0.717, 1.165) is 24.9 Å². The maximum Gasteiger partial charge on any atom is 0.241 e. The highest BCUT2D eigenvalue weighted by Gasteiger charge is 2.31. The van der Waals surface area contributed by atoms with Crippen LogP contribution in [0.25, 0.3) is 0 Å². The molecule has 1 aliphatic heterocycles. The topological polar surface area (TPSA) is 49.4 Å². The summed E-state index contributed by atoms with van der Waals surface area (Å²) in [6.45, 7) is 1.39. The third kappa shape index (κ3) is 5.16. The third-order valence-corrected chi connectivity index (χ3v) is 6.53. The predicted molar refractivity (Wildman–Crippen MR) is 130 cm³/mol. The Balaban J connectivity index is 1.53. The maximum absolute atomic E-state index is 13.2. The summed E-state index contributed by atoms with van der Waals surface area (Å²) >= 11 is 18.3. The van der Waals surface area contributed by atoms with Gasteiger partial charge in [0.25, 0.3) is 0 Å². The van der Waals surface area contributed by atoms with Crippen LogP contribution in [0.3, 0.4) is 0 Å². The van der Waals surface area contributed by atoms with Gasteiger partial charge in [-0.25, -0.2) is 0 Å². The molecule has 3 aromatic carbocycles. The quantitative estimate of drug-likeness (QED) is 0.405. The van der Waals surface area contributed by atoms with Crippen molar-refractivity contribution in [2.45, 2.75) is 25.4 Å². The van der Waals surface area contributed by atoms with Crippen molar-refractivity contribution in [2.75, 3.05) is 11.9 Å². The maximum atomic E-state index is 13.2. The third-order valence-electron chi connectivity index (χ3n) is 5.56. The van der Waals surface area contributed by atoms with Gasteiger partial charge in [0.2, 0.25) is 5.91 Å². The lowest BCUT2D eigenvalue weighted by molar-refractivity contribution is -0.120. The number of amides is 1. The number of likely N-dealkylation sites (tertiary alicyclic amines) is 1. The minimum absolute atomic E-state index is 0.146. The van der Waals surface area contributed by atoms with Crippen LogP contribution in [0.4, 0.5) is 5.69 Å². The van der Waals surface area contributed by atoms with E-state index < -0.39 is 0 Å². The van der Waals surface area contributed by atoms with Crippen molar-refractivity contribution in [2.24, 2.45) is 0 Å². The van der Waals surface area contributed by atoms with Gasteiger partial charge < -0.3 is 5.32 Å². The first-order valence-corrected chi connectivity index (χ1v) is 11.4. The minimum Gasteiger partial charge on any atom is -0.324 e. The average Bonchev–Trinajstić information content (AvgIpc) is 3.26. The van der Waals surface area contributed by atoms with Crippen LogP contribution in [0, 0.1) is 0 Å². The summed E-state index contributed by atoms with van der Waals surface area (Å²) in [5, 5.41) is 4.39. The Kier molecular flexibility index (Phi) is 7.17. The molecule has 0 saturated carbocycles. The standard InChI is InChI=1S/C25H21Cl3N2O2/c26-18-9-11-22(19(14-18)24(31)17-5-2-1-3-6-17)29-25(32)23-7-4-12-30(23)15-16-8-10-20(27)21(28)13-16/h1-3,5-6,8-11,13-14,23H,4,7,12,15H2,(H,29,32)/t23-/m0/s1. The Bertz CT molecular complexity index is 1150. The molecular weight excluding hydrogens is 467 g/mol. The summed E-state index contributed by atoms with van der Waals surface area (Å²) in [4.78, 5) is 28.3. The fourth-order valence-electron chi connectivity index (χ4n) is 3.96. The molecule has 0 spiro atoms. The van der Waals surface area contributed by atoms with Crippen LogP contribution < -0.4 is 5.32 Å². The second-order valence-electron chi connectivity index (χ2n) is 7.75. The molecule has 32 heavy (non-hydrogen) atoms. The van der Waals surface area contributed by atoms with E-state index >= 15 is 0 Å². The number of carbonyl (C=O) groups excluding carboxylic acids is 2. The van der Waals surface area contributed by atoms with Gasteiger partial charge in [-0.3, -0.25) is 14.5 Å². The van der Waals surface area contributed by atoms with E-state index in [2.05, 4.69) is 10.2 Å². The van der Waals surface area contributed by atoms with E-state index in [1.165, 1.54) is 0 Å². The highest BCUT2D eigenvalue weighted by molar-refractivity contribution is 6.42. The van der Waals surface area contributed by atoms with Gasteiger partial charge in [-0.1, -0.05) is 71.2 Å². The van der Waals surface area contributed by atoms with Crippen molar-refractivity contribution in [3.05, 3.63) is 98.5 Å². The summed E-state index contributed by atoms with van der Waals surface area (Å²) in [5.74, 6) is -0.338. The Labute approximate surface area is 202 Å². The number of benzene rings is 3. The van der Waals surface area contributed by atoms with Gasteiger partial charge in [0.15, 0.2) is 5.78 Å². The molecule has 0 radical (unpaired) electrons. The van der Waals surface area contributed by atoms with Crippen molar-refractivity contribution in [1.29, 1.82) is 0 Å². The number of nitrogens with one attached hydrogen (secondary N) is 1. The molecule has 1 amide bonds. The number of nitrogens with zero attached hydrogens (tertiary/aromatic N) is 1. The Morgan fingerprint density at radius 2 is 1.72 bits per heavy atom. The summed E-state index contributed by atoms with van der Waals surface area (Å²) < 4.78 is 0. The second kappa shape index (κ2) is 10.1. The largest absolute Gasteiger partial charge is 0.324 e. The SMILES string of the molecule is O=C(c1ccccc1)c1cc(Cl)ccc1NC(=O)[C@@H]1CCCN1Cc1ccc(Cl)c(Cl)c1. The molecule has 0 bridgehead atoms. The molecule has 164 valence electrons. The molecular formula is C25H21Cl3N2O2. The van der Waals surface area contributed by atoms with E-state index in [1.54, 1.807) is 48.5 Å². The van der Waals surface area contributed by atoms with Crippen LogP contribution in [0.15, 0.2) is 66.7 Å². The van der Waals surface area contributed by atoms with Crippen LogP contribution in [-0.2, 0) is 11.3 Å². The first-order chi connectivity index (χ1) is 15.4. The van der Waals surface area contributed by atoms with E-state index in [0.29, 0.717) is 38.4 Å². The van der Waals surface area contributed by atoms with Gasteiger partial charge in [0, 0.05) is 22.7 Å². The van der Waals surface area contributed by atoms with Crippen LogP contribution in [0.5, 0.6) is 0 Å². The highest BCUT2D eigenvalue weighted by Crippen LogP contribution is 2.28. The first kappa shape index (κ1) is 22.8. The minimum atomic E-state index is -0.306. The molecule has 1 saturated heterocycles. The van der Waals surface area contributed by atoms with Gasteiger partial charge in [-0.15, -0.1) is 0 Å². The van der Waals surface area contributed by atoms with Gasteiger partial charge in [0.1, 0.15) is 0 Å². The molecule has 1 aliphatic rings. The molecule has 3 aromatic rings. The summed E-state index contributed by atoms with van der Waals surface area (Å²) in [7, 11) is 0. The Morgan fingerprint density at radius 3 is 2.47 bits per heavy atom. The molecule has 1 fully saturated rings. The lowest BCUT2D eigenvalue weighted by atomic mass is 10.0. The smallest absolute Gasteiger partial charge is 0.241 e. The van der Waals surface area contributed by atoms with Gasteiger partial charge in [-0.05, 0) is 55.3 Å². The molecule has 1 heterocycles. The molecule has 4 nitrogen and oxygen atoms in total. The van der Waals surface area contributed by atoms with Crippen LogP contribution in [0.1, 0.15) is 34.3 Å². The number of hydrogen-bond acceptors (Lipinski definition) is 3. The monoisotopic (exact) mass is 486 g/mol. The number of anilines is 1. The normalized spacial score (nSPS) is 16.2. The molecule has 0 unspecified atom stereocenters. The Hall–Kier alpha value is -2.37. The van der Waals surface area contributed by atoms with Crippen molar-refractivity contribution in [3.8, 4) is 0 Å². The van der Waals surface area contributed by atoms with E-state index in [-0.39, 0.29) is 17.7 Å². The van der Waals surface area contributed by atoms with Crippen molar-refractivity contribution >= 4 is 52.2 Å². The number of ketones is 1. The zero-order valence-electron chi connectivity index (χ0n) is 17.2. The summed E-state index contributed by atoms with van der Waals surface area (Å²) in [6.07, 6.45) is 1.65. The summed E-state index contributed by atoms with van der Waals surface area (Å²) in [5.41, 5.74) is 2.35. The average molecular weight is 488 g/mol. The molecule has 1 N–H and O–H groups in total. The van der Waals surface area contributed by atoms with E-state index in [1.807, 2.05) is 18.2 Å². The van der Waals surface area contributed by atoms with Gasteiger partial charge >= 0.3 is 0 Å². The molecule has 4 rings (SSSR count). The zero-order valence-corrected chi connectivity index (χ0v) is 19.4. The number of halogens is 3. The summed E-state index contributed by atoms with van der Waals surface area (Å²) in [6, 6.07) is 19.1. The van der Waals surface area contributed by atoms with Crippen molar-refractivity contribution in [3.63, 3.8) is 0 Å². The van der Waals surface area contributed by atoms with Crippen LogP contribution in [-0.4, -0.2) is 29.2 Å². The second-order valence-corrected chi connectivity index (χ2v) is 9.00. The molecule has 0 aromatic heterocycles. The zero-order chi connectivity index (χ0) is 22.7. The van der Waals surface area contributed by atoms with Crippen LogP contribution in [0.2, 0.25) is 15.1 Å². The number of rotatable bonds is 6. The van der Waals surface area contributed by atoms with E-state index in [4.69, 9.17) is 34.8 Å². The van der Waals surface area contributed by atoms with Gasteiger partial charge in [0.05, 0.1) is 21.8 Å². The lowest BCUT2D eigenvalue weighted by Gasteiger charge is -2.24. The Morgan fingerprint density at radius 1 is 0.938 bits per heavy atom. The van der Waals surface area contributed by atoms with E-state index in [9.17, 15) is 9.59 Å². The van der Waals surface area contributed by atoms with Gasteiger partial charge in [-0.2, -0.15) is 0 Å². The lowest BCUT2D eigenvalue weighted by Crippen LogP contribution is -2.39. The number of hydrogen-bond donors (Lipinski definition) is 1. The van der Waals surface area contributed by atoms with Crippen molar-refractivity contribution < 1.29 is 9.59 Å². The highest BCUT2D eigenvalue weighted by atomic mass is 35.5. The molecule has 0 aliphatic carbocycles. The predicted octanol–water partition coefficient (Wildman–Crippen LogP) is 6.48. The molecule has 7 heteroatoms. The first-order valence-electron chi connectivity index (χ1n) is 10.3. The van der Waals surface area contributed by atoms with Crippen molar-refractivity contribution in [1.82, 2.24) is 4.90 Å². The molecule has 1 atom stereocenters. The number of carbonyl (C=O) groups is 2. The fourth-order valence-corrected chi connectivity index (χ4v) is 4.45. The van der Waals surface area contributed by atoms with Crippen LogP contribution >= 0.6 is 34.8 Å². The fraction of sp³-hybridized carbons (Fsp3) is 0.200.